The minimum atomic E-state index is -0.0561. The molecule has 0 bridgehead atoms. The zero-order valence-electron chi connectivity index (χ0n) is 14.3. The molecular formula is C19H20N4O2. The van der Waals surface area contributed by atoms with Gasteiger partial charge in [-0.3, -0.25) is 14.4 Å². The fourth-order valence-electron chi connectivity index (χ4n) is 2.40. The standard InChI is InChI=1S/C19H20N4O2/c1-14(2)20-16-10-6-7-13-23(16)18(24)12-11-17-21-22-19(25-17)15-8-4-3-5-9-15/h3-10,13-14H,11-12H2,1-2H3. The molecule has 3 aromatic rings. The van der Waals surface area contributed by atoms with Crippen LogP contribution in [0.1, 0.15) is 31.0 Å². The molecule has 0 spiro atoms. The van der Waals surface area contributed by atoms with Gasteiger partial charge in [0.05, 0.1) is 0 Å². The van der Waals surface area contributed by atoms with Crippen LogP contribution in [0, 0.1) is 0 Å². The molecule has 128 valence electrons. The molecule has 25 heavy (non-hydrogen) atoms. The van der Waals surface area contributed by atoms with Crippen molar-refractivity contribution in [1.29, 1.82) is 0 Å². The van der Waals surface area contributed by atoms with E-state index in [4.69, 9.17) is 4.42 Å². The normalized spacial score (nSPS) is 11.9. The topological polar surface area (TPSA) is 73.3 Å². The van der Waals surface area contributed by atoms with Gasteiger partial charge in [0.25, 0.3) is 0 Å². The highest BCUT2D eigenvalue weighted by molar-refractivity contribution is 5.78. The number of nitrogens with zero attached hydrogens (tertiary/aromatic N) is 4. The summed E-state index contributed by atoms with van der Waals surface area (Å²) in [6.07, 6.45) is 2.39. The van der Waals surface area contributed by atoms with E-state index in [0.717, 1.165) is 5.56 Å². The summed E-state index contributed by atoms with van der Waals surface area (Å²) in [6, 6.07) is 15.2. The average molecular weight is 336 g/mol. The fourth-order valence-corrected chi connectivity index (χ4v) is 2.40. The smallest absolute Gasteiger partial charge is 0.247 e. The monoisotopic (exact) mass is 336 g/mol. The number of pyridine rings is 1. The van der Waals surface area contributed by atoms with Crippen LogP contribution >= 0.6 is 0 Å². The van der Waals surface area contributed by atoms with Crippen LogP contribution in [0.25, 0.3) is 11.5 Å². The van der Waals surface area contributed by atoms with Crippen LogP contribution in [0.4, 0.5) is 0 Å². The molecule has 2 heterocycles. The average Bonchev–Trinajstić information content (AvgIpc) is 3.09. The summed E-state index contributed by atoms with van der Waals surface area (Å²) in [5.74, 6) is 0.858. The summed E-state index contributed by atoms with van der Waals surface area (Å²) in [4.78, 5) is 17.0. The molecule has 3 rings (SSSR count). The summed E-state index contributed by atoms with van der Waals surface area (Å²) >= 11 is 0. The summed E-state index contributed by atoms with van der Waals surface area (Å²) < 4.78 is 7.21. The second-order valence-corrected chi connectivity index (χ2v) is 5.91. The number of hydrogen-bond acceptors (Lipinski definition) is 5. The van der Waals surface area contributed by atoms with Crippen molar-refractivity contribution in [2.24, 2.45) is 4.99 Å². The van der Waals surface area contributed by atoms with E-state index in [-0.39, 0.29) is 18.4 Å². The Morgan fingerprint density at radius 2 is 1.88 bits per heavy atom. The Morgan fingerprint density at radius 3 is 2.64 bits per heavy atom. The van der Waals surface area contributed by atoms with Crippen LogP contribution in [-0.2, 0) is 6.42 Å². The number of carbonyl (C=O) groups excluding carboxylic acids is 1. The maximum Gasteiger partial charge on any atom is 0.247 e. The molecule has 0 atom stereocenters. The first-order chi connectivity index (χ1) is 12.1. The van der Waals surface area contributed by atoms with Crippen molar-refractivity contribution in [2.75, 3.05) is 0 Å². The minimum absolute atomic E-state index is 0.0561. The van der Waals surface area contributed by atoms with E-state index < -0.39 is 0 Å². The molecule has 0 radical (unpaired) electrons. The van der Waals surface area contributed by atoms with Gasteiger partial charge < -0.3 is 4.42 Å². The lowest BCUT2D eigenvalue weighted by Crippen LogP contribution is -2.27. The van der Waals surface area contributed by atoms with Crippen molar-refractivity contribution in [3.05, 3.63) is 66.1 Å². The molecule has 0 fully saturated rings. The van der Waals surface area contributed by atoms with E-state index in [2.05, 4.69) is 15.2 Å². The zero-order valence-corrected chi connectivity index (χ0v) is 14.3. The van der Waals surface area contributed by atoms with E-state index in [1.807, 2.05) is 62.4 Å². The Labute approximate surface area is 145 Å². The van der Waals surface area contributed by atoms with Gasteiger partial charge in [-0.25, -0.2) is 0 Å². The van der Waals surface area contributed by atoms with Crippen molar-refractivity contribution in [3.8, 4) is 11.5 Å². The van der Waals surface area contributed by atoms with Crippen LogP contribution in [-0.4, -0.2) is 26.7 Å². The van der Waals surface area contributed by atoms with Gasteiger partial charge in [0, 0.05) is 30.6 Å². The first kappa shape index (κ1) is 16.8. The highest BCUT2D eigenvalue weighted by Gasteiger charge is 2.11. The molecule has 0 N–H and O–H groups in total. The van der Waals surface area contributed by atoms with Gasteiger partial charge >= 0.3 is 0 Å². The van der Waals surface area contributed by atoms with Crippen LogP contribution in [0.5, 0.6) is 0 Å². The second kappa shape index (κ2) is 7.70. The van der Waals surface area contributed by atoms with Crippen LogP contribution < -0.4 is 5.49 Å². The quantitative estimate of drug-likeness (QED) is 0.717. The van der Waals surface area contributed by atoms with E-state index >= 15 is 0 Å². The van der Waals surface area contributed by atoms with E-state index in [9.17, 15) is 4.79 Å². The molecule has 6 nitrogen and oxygen atoms in total. The fraction of sp³-hybridized carbons (Fsp3) is 0.263. The van der Waals surface area contributed by atoms with E-state index in [1.165, 1.54) is 0 Å². The third-order valence-electron chi connectivity index (χ3n) is 3.54. The van der Waals surface area contributed by atoms with Gasteiger partial charge in [-0.1, -0.05) is 24.3 Å². The first-order valence-corrected chi connectivity index (χ1v) is 8.26. The predicted octanol–water partition coefficient (Wildman–Crippen LogP) is 3.12. The number of aryl methyl sites for hydroxylation is 1. The Kier molecular flexibility index (Phi) is 5.18. The summed E-state index contributed by atoms with van der Waals surface area (Å²) in [5, 5.41) is 8.07. The number of carbonyl (C=O) groups is 1. The lowest BCUT2D eigenvalue weighted by Gasteiger charge is -2.06. The van der Waals surface area contributed by atoms with Crippen molar-refractivity contribution in [3.63, 3.8) is 0 Å². The third kappa shape index (κ3) is 4.29. The Bertz CT molecular complexity index is 910. The summed E-state index contributed by atoms with van der Waals surface area (Å²) in [5.41, 5.74) is 1.51. The number of rotatable bonds is 5. The first-order valence-electron chi connectivity index (χ1n) is 8.26. The highest BCUT2D eigenvalue weighted by atomic mass is 16.4. The van der Waals surface area contributed by atoms with E-state index in [0.29, 0.717) is 23.7 Å². The van der Waals surface area contributed by atoms with E-state index in [1.54, 1.807) is 10.8 Å². The van der Waals surface area contributed by atoms with Crippen LogP contribution in [0.3, 0.4) is 0 Å². The van der Waals surface area contributed by atoms with Gasteiger partial charge in [-0.2, -0.15) is 0 Å². The lowest BCUT2D eigenvalue weighted by molar-refractivity contribution is 0.0894. The molecule has 0 aliphatic rings. The SMILES string of the molecule is CC(C)N=c1ccccn1C(=O)CCc1nnc(-c2ccccc2)o1. The molecule has 0 aliphatic heterocycles. The highest BCUT2D eigenvalue weighted by Crippen LogP contribution is 2.17. The van der Waals surface area contributed by atoms with Crippen molar-refractivity contribution >= 4 is 5.91 Å². The molecule has 1 aromatic carbocycles. The molecule has 0 aliphatic carbocycles. The van der Waals surface area contributed by atoms with Gasteiger partial charge in [0.1, 0.15) is 5.49 Å². The van der Waals surface area contributed by atoms with Gasteiger partial charge in [0.15, 0.2) is 0 Å². The van der Waals surface area contributed by atoms with Gasteiger partial charge in [-0.05, 0) is 38.1 Å². The van der Waals surface area contributed by atoms with Crippen molar-refractivity contribution in [2.45, 2.75) is 32.7 Å². The number of aromatic nitrogens is 3. The summed E-state index contributed by atoms with van der Waals surface area (Å²) in [6.45, 7) is 3.96. The van der Waals surface area contributed by atoms with Gasteiger partial charge in [0.2, 0.25) is 17.7 Å². The third-order valence-corrected chi connectivity index (χ3v) is 3.54. The molecule has 0 saturated carbocycles. The second-order valence-electron chi connectivity index (χ2n) is 5.91. The number of hydrogen-bond donors (Lipinski definition) is 0. The molecule has 0 saturated heterocycles. The molecule has 0 amide bonds. The predicted molar refractivity (Wildman–Crippen MR) is 93.8 cm³/mol. The van der Waals surface area contributed by atoms with Crippen LogP contribution in [0.15, 0.2) is 64.1 Å². The van der Waals surface area contributed by atoms with Gasteiger partial charge in [-0.15, -0.1) is 10.2 Å². The van der Waals surface area contributed by atoms with Crippen LogP contribution in [0.2, 0.25) is 0 Å². The Balaban J connectivity index is 1.71. The largest absolute Gasteiger partial charge is 0.421 e. The molecular weight excluding hydrogens is 316 g/mol. The van der Waals surface area contributed by atoms with Crippen molar-refractivity contribution in [1.82, 2.24) is 14.8 Å². The zero-order chi connectivity index (χ0) is 17.6. The molecule has 6 heteroatoms. The Morgan fingerprint density at radius 1 is 1.12 bits per heavy atom. The lowest BCUT2D eigenvalue weighted by atomic mass is 10.2. The molecule has 2 aromatic heterocycles. The maximum atomic E-state index is 12.5. The minimum Gasteiger partial charge on any atom is -0.421 e. The van der Waals surface area contributed by atoms with Crippen molar-refractivity contribution < 1.29 is 9.21 Å². The Hall–Kier alpha value is -3.02. The maximum absolute atomic E-state index is 12.5. The molecule has 0 unspecified atom stereocenters. The number of benzene rings is 1. The summed E-state index contributed by atoms with van der Waals surface area (Å²) in [7, 11) is 0.